The molecular formula is C12H10BrClF3N3. The van der Waals surface area contributed by atoms with E-state index < -0.39 is 11.7 Å². The van der Waals surface area contributed by atoms with Crippen molar-refractivity contribution in [1.29, 1.82) is 0 Å². The Morgan fingerprint density at radius 3 is 2.65 bits per heavy atom. The summed E-state index contributed by atoms with van der Waals surface area (Å²) < 4.78 is 38.9. The van der Waals surface area contributed by atoms with E-state index in [1.807, 2.05) is 0 Å². The molecule has 0 fully saturated rings. The van der Waals surface area contributed by atoms with E-state index in [0.717, 1.165) is 36.0 Å². The number of hydrogen-bond donors (Lipinski definition) is 0. The number of aryl methyl sites for hydroxylation is 1. The highest BCUT2D eigenvalue weighted by Crippen LogP contribution is 2.31. The fraction of sp³-hybridized carbons (Fsp3) is 0.333. The van der Waals surface area contributed by atoms with Crippen molar-refractivity contribution < 1.29 is 13.2 Å². The molecule has 0 aliphatic carbocycles. The quantitative estimate of drug-likeness (QED) is 0.755. The standard InChI is InChI=1S/C12H10BrClF3N3/c13-3-1-2-8-5-19-20(7-8)11-10(14)4-9(6-18-11)12(15,16)17/h4-7H,1-3H2. The monoisotopic (exact) mass is 367 g/mol. The summed E-state index contributed by atoms with van der Waals surface area (Å²) >= 11 is 9.18. The van der Waals surface area contributed by atoms with Crippen LogP contribution < -0.4 is 0 Å². The highest BCUT2D eigenvalue weighted by atomic mass is 79.9. The van der Waals surface area contributed by atoms with Crippen molar-refractivity contribution in [3.8, 4) is 5.82 Å². The molecule has 2 aromatic rings. The summed E-state index contributed by atoms with van der Waals surface area (Å²) in [6.07, 6.45) is 1.42. The molecule has 3 nitrogen and oxygen atoms in total. The first-order valence-corrected chi connectivity index (χ1v) is 7.24. The van der Waals surface area contributed by atoms with Crippen LogP contribution in [0.15, 0.2) is 24.7 Å². The van der Waals surface area contributed by atoms with Gasteiger partial charge in [0.25, 0.3) is 0 Å². The first-order chi connectivity index (χ1) is 9.41. The lowest BCUT2D eigenvalue weighted by atomic mass is 10.2. The molecule has 0 saturated carbocycles. The average Bonchev–Trinajstić information content (AvgIpc) is 2.83. The number of hydrogen-bond acceptors (Lipinski definition) is 2. The molecule has 20 heavy (non-hydrogen) atoms. The Labute approximate surface area is 126 Å². The molecule has 0 amide bonds. The van der Waals surface area contributed by atoms with Crippen LogP contribution in [0.5, 0.6) is 0 Å². The zero-order valence-electron chi connectivity index (χ0n) is 10.2. The van der Waals surface area contributed by atoms with Crippen LogP contribution >= 0.6 is 27.5 Å². The van der Waals surface area contributed by atoms with E-state index in [-0.39, 0.29) is 10.8 Å². The Bertz CT molecular complexity index is 598. The van der Waals surface area contributed by atoms with Gasteiger partial charge in [0.1, 0.15) is 0 Å². The Kier molecular flexibility index (Phi) is 4.70. The van der Waals surface area contributed by atoms with Crippen LogP contribution in [0.3, 0.4) is 0 Å². The summed E-state index contributed by atoms with van der Waals surface area (Å²) in [5, 5.41) is 4.85. The molecule has 0 unspecified atom stereocenters. The molecule has 8 heteroatoms. The minimum atomic E-state index is -4.46. The van der Waals surface area contributed by atoms with Crippen LogP contribution in [-0.2, 0) is 12.6 Å². The lowest BCUT2D eigenvalue weighted by Crippen LogP contribution is -2.07. The lowest BCUT2D eigenvalue weighted by Gasteiger charge is -2.08. The maximum Gasteiger partial charge on any atom is 0.417 e. The molecule has 0 spiro atoms. The van der Waals surface area contributed by atoms with E-state index in [9.17, 15) is 13.2 Å². The Hall–Kier alpha value is -1.08. The second-order valence-electron chi connectivity index (χ2n) is 4.11. The maximum absolute atomic E-state index is 12.5. The largest absolute Gasteiger partial charge is 0.417 e. The molecule has 2 rings (SSSR count). The number of aromatic nitrogens is 3. The third kappa shape index (κ3) is 3.52. The van der Waals surface area contributed by atoms with Crippen LogP contribution in [0.2, 0.25) is 5.02 Å². The summed E-state index contributed by atoms with van der Waals surface area (Å²) in [5.74, 6) is 0.185. The second-order valence-corrected chi connectivity index (χ2v) is 5.31. The molecule has 2 aromatic heterocycles. The van der Waals surface area contributed by atoms with E-state index in [1.54, 1.807) is 12.4 Å². The summed E-state index contributed by atoms with van der Waals surface area (Å²) in [5.41, 5.74) is 0.0973. The van der Waals surface area contributed by atoms with Gasteiger partial charge < -0.3 is 0 Å². The third-order valence-electron chi connectivity index (χ3n) is 2.60. The molecular weight excluding hydrogens is 359 g/mol. The van der Waals surface area contributed by atoms with Crippen LogP contribution in [0.4, 0.5) is 13.2 Å². The van der Waals surface area contributed by atoms with Crippen LogP contribution in [0.25, 0.3) is 5.82 Å². The van der Waals surface area contributed by atoms with E-state index in [2.05, 4.69) is 26.0 Å². The zero-order chi connectivity index (χ0) is 14.8. The van der Waals surface area contributed by atoms with E-state index in [4.69, 9.17) is 11.6 Å². The van der Waals surface area contributed by atoms with Crippen LogP contribution in [-0.4, -0.2) is 20.1 Å². The van der Waals surface area contributed by atoms with Gasteiger partial charge >= 0.3 is 6.18 Å². The van der Waals surface area contributed by atoms with Crippen molar-refractivity contribution in [3.05, 3.63) is 40.8 Å². The van der Waals surface area contributed by atoms with Crippen molar-refractivity contribution in [2.24, 2.45) is 0 Å². The fourth-order valence-corrected chi connectivity index (χ4v) is 2.16. The number of rotatable bonds is 4. The highest BCUT2D eigenvalue weighted by Gasteiger charge is 2.31. The van der Waals surface area contributed by atoms with Gasteiger partial charge in [-0.05, 0) is 24.5 Å². The first kappa shape index (κ1) is 15.3. The van der Waals surface area contributed by atoms with E-state index in [1.165, 1.54) is 4.68 Å². The smallest absolute Gasteiger partial charge is 0.235 e. The molecule has 2 heterocycles. The average molecular weight is 369 g/mol. The topological polar surface area (TPSA) is 30.7 Å². The molecule has 108 valence electrons. The van der Waals surface area contributed by atoms with Gasteiger partial charge in [-0.1, -0.05) is 27.5 Å². The zero-order valence-corrected chi connectivity index (χ0v) is 12.5. The van der Waals surface area contributed by atoms with E-state index in [0.29, 0.717) is 0 Å². The van der Waals surface area contributed by atoms with Crippen molar-refractivity contribution in [2.45, 2.75) is 19.0 Å². The summed E-state index contributed by atoms with van der Waals surface area (Å²) in [6.45, 7) is 0. The summed E-state index contributed by atoms with van der Waals surface area (Å²) in [4.78, 5) is 3.75. The maximum atomic E-state index is 12.5. The molecule has 0 saturated heterocycles. The number of alkyl halides is 4. The molecule has 0 aromatic carbocycles. The number of pyridine rings is 1. The molecule has 0 aliphatic heterocycles. The molecule has 0 bridgehead atoms. The van der Waals surface area contributed by atoms with Gasteiger partial charge in [-0.3, -0.25) is 0 Å². The molecule has 0 atom stereocenters. The molecule has 0 aliphatic rings. The lowest BCUT2D eigenvalue weighted by molar-refractivity contribution is -0.137. The van der Waals surface area contributed by atoms with Gasteiger partial charge in [0.05, 0.1) is 16.8 Å². The predicted molar refractivity (Wildman–Crippen MR) is 73.5 cm³/mol. The van der Waals surface area contributed by atoms with Gasteiger partial charge in [0.15, 0.2) is 5.82 Å². The highest BCUT2D eigenvalue weighted by molar-refractivity contribution is 9.09. The summed E-state index contributed by atoms with van der Waals surface area (Å²) in [6, 6.07) is 0.851. The molecule has 0 radical (unpaired) electrons. The Morgan fingerprint density at radius 2 is 2.05 bits per heavy atom. The SMILES string of the molecule is FC(F)(F)c1cnc(-n2cc(CCCBr)cn2)c(Cl)c1. The fourth-order valence-electron chi connectivity index (χ4n) is 1.63. The Balaban J connectivity index is 2.27. The van der Waals surface area contributed by atoms with Crippen LogP contribution in [0, 0.1) is 0 Å². The third-order valence-corrected chi connectivity index (χ3v) is 3.44. The number of nitrogens with zero attached hydrogens (tertiary/aromatic N) is 3. The van der Waals surface area contributed by atoms with Crippen molar-refractivity contribution in [2.75, 3.05) is 5.33 Å². The van der Waals surface area contributed by atoms with Crippen molar-refractivity contribution in [1.82, 2.24) is 14.8 Å². The minimum absolute atomic E-state index is 0.0880. The van der Waals surface area contributed by atoms with Crippen LogP contribution in [0.1, 0.15) is 17.5 Å². The Morgan fingerprint density at radius 1 is 1.30 bits per heavy atom. The minimum Gasteiger partial charge on any atom is -0.235 e. The summed E-state index contributed by atoms with van der Waals surface area (Å²) in [7, 11) is 0. The number of halogens is 5. The van der Waals surface area contributed by atoms with Gasteiger partial charge in [-0.2, -0.15) is 18.3 Å². The van der Waals surface area contributed by atoms with Crippen molar-refractivity contribution in [3.63, 3.8) is 0 Å². The predicted octanol–water partition coefficient (Wildman–Crippen LogP) is 4.27. The normalized spacial score (nSPS) is 11.8. The van der Waals surface area contributed by atoms with Gasteiger partial charge in [-0.15, -0.1) is 0 Å². The molecule has 0 N–H and O–H groups in total. The first-order valence-electron chi connectivity index (χ1n) is 5.74. The van der Waals surface area contributed by atoms with Gasteiger partial charge in [0.2, 0.25) is 0 Å². The van der Waals surface area contributed by atoms with E-state index >= 15 is 0 Å². The second kappa shape index (κ2) is 6.13. The van der Waals surface area contributed by atoms with Crippen molar-refractivity contribution >= 4 is 27.5 Å². The van der Waals surface area contributed by atoms with Gasteiger partial charge in [-0.25, -0.2) is 9.67 Å². The van der Waals surface area contributed by atoms with Gasteiger partial charge in [0, 0.05) is 17.7 Å².